The van der Waals surface area contributed by atoms with E-state index in [2.05, 4.69) is 0 Å². The molecule has 0 unspecified atom stereocenters. The van der Waals surface area contributed by atoms with Crippen LogP contribution in [0.3, 0.4) is 0 Å². The lowest BCUT2D eigenvalue weighted by atomic mass is 9.86. The van der Waals surface area contributed by atoms with Gasteiger partial charge in [0.1, 0.15) is 23.0 Å². The fourth-order valence-electron chi connectivity index (χ4n) is 4.15. The molecule has 1 atom stereocenters. The Labute approximate surface area is 185 Å². The molecule has 32 heavy (non-hydrogen) atoms. The third-order valence-electron chi connectivity index (χ3n) is 5.83. The largest absolute Gasteiger partial charge is 0.508 e. The number of benzene rings is 2. The van der Waals surface area contributed by atoms with Crippen molar-refractivity contribution in [1.29, 1.82) is 0 Å². The van der Waals surface area contributed by atoms with Crippen molar-refractivity contribution in [3.05, 3.63) is 81.3 Å². The maximum Gasteiger partial charge on any atom is 0.312 e. The number of aryl methyl sites for hydroxylation is 2. The Morgan fingerprint density at radius 3 is 2.50 bits per heavy atom. The van der Waals surface area contributed by atoms with Gasteiger partial charge in [0.2, 0.25) is 0 Å². The lowest BCUT2D eigenvalue weighted by Crippen LogP contribution is -2.33. The summed E-state index contributed by atoms with van der Waals surface area (Å²) in [5.74, 6) is 0.799. The summed E-state index contributed by atoms with van der Waals surface area (Å²) in [5, 5.41) is 9.48. The molecule has 1 N–H and O–H groups in total. The van der Waals surface area contributed by atoms with E-state index in [-0.39, 0.29) is 23.7 Å². The Bertz CT molecular complexity index is 1210. The van der Waals surface area contributed by atoms with E-state index in [0.717, 1.165) is 11.1 Å². The molecule has 1 aliphatic heterocycles. The van der Waals surface area contributed by atoms with E-state index in [1.165, 1.54) is 0 Å². The molecule has 0 spiro atoms. The highest BCUT2D eigenvalue weighted by atomic mass is 16.5. The van der Waals surface area contributed by atoms with Gasteiger partial charge in [-0.15, -0.1) is 0 Å². The summed E-state index contributed by atoms with van der Waals surface area (Å²) >= 11 is 0. The molecule has 3 aromatic rings. The zero-order valence-electron chi connectivity index (χ0n) is 18.3. The molecule has 2 heterocycles. The van der Waals surface area contributed by atoms with Crippen molar-refractivity contribution >= 4 is 5.97 Å². The van der Waals surface area contributed by atoms with Gasteiger partial charge in [-0.05, 0) is 37.1 Å². The van der Waals surface area contributed by atoms with Crippen molar-refractivity contribution < 1.29 is 24.1 Å². The van der Waals surface area contributed by atoms with Crippen molar-refractivity contribution in [2.24, 2.45) is 0 Å². The third kappa shape index (κ3) is 4.06. The fourth-order valence-corrected chi connectivity index (χ4v) is 4.15. The predicted octanol–water partition coefficient (Wildman–Crippen LogP) is 3.56. The molecule has 1 aliphatic rings. The average molecular weight is 435 g/mol. The first kappa shape index (κ1) is 21.5. The predicted molar refractivity (Wildman–Crippen MR) is 119 cm³/mol. The Morgan fingerprint density at radius 2 is 1.81 bits per heavy atom. The molecule has 2 aromatic carbocycles. The summed E-state index contributed by atoms with van der Waals surface area (Å²) in [6, 6.07) is 14.0. The summed E-state index contributed by atoms with van der Waals surface area (Å²) in [6.45, 7) is 2.28. The van der Waals surface area contributed by atoms with Crippen LogP contribution in [0.5, 0.6) is 23.0 Å². The second-order valence-electron chi connectivity index (χ2n) is 7.78. The molecular weight excluding hydrogens is 410 g/mol. The molecule has 7 nitrogen and oxygen atoms in total. The van der Waals surface area contributed by atoms with Gasteiger partial charge in [-0.1, -0.05) is 18.2 Å². The molecular formula is C25H25NO6. The van der Waals surface area contributed by atoms with Crippen LogP contribution >= 0.6 is 0 Å². The molecule has 0 radical (unpaired) electrons. The normalized spacial score (nSPS) is 15.1. The van der Waals surface area contributed by atoms with Gasteiger partial charge in [0.05, 0.1) is 26.2 Å². The van der Waals surface area contributed by atoms with E-state index in [1.54, 1.807) is 49.1 Å². The molecule has 0 saturated carbocycles. The van der Waals surface area contributed by atoms with Crippen molar-refractivity contribution in [2.45, 2.75) is 32.2 Å². The number of nitrogens with zero attached hydrogens (tertiary/aromatic N) is 1. The number of pyridine rings is 1. The number of carbonyl (C=O) groups is 1. The third-order valence-corrected chi connectivity index (χ3v) is 5.83. The smallest absolute Gasteiger partial charge is 0.312 e. The number of methoxy groups -OCH3 is 2. The van der Waals surface area contributed by atoms with Crippen LogP contribution in [-0.2, 0) is 17.8 Å². The van der Waals surface area contributed by atoms with E-state index < -0.39 is 5.92 Å². The second-order valence-corrected chi connectivity index (χ2v) is 7.78. The van der Waals surface area contributed by atoms with Crippen molar-refractivity contribution in [3.63, 3.8) is 0 Å². The number of carbonyl (C=O) groups excluding carboxylic acids is 1. The first-order chi connectivity index (χ1) is 15.4. The van der Waals surface area contributed by atoms with Gasteiger partial charge in [0, 0.05) is 35.9 Å². The summed E-state index contributed by atoms with van der Waals surface area (Å²) in [5.41, 5.74) is 2.71. The van der Waals surface area contributed by atoms with Gasteiger partial charge in [-0.3, -0.25) is 9.59 Å². The van der Waals surface area contributed by atoms with Crippen LogP contribution in [0.1, 0.15) is 34.7 Å². The Kier molecular flexibility index (Phi) is 5.90. The maximum absolute atomic E-state index is 13.6. The molecule has 7 heteroatoms. The minimum Gasteiger partial charge on any atom is -0.508 e. The summed E-state index contributed by atoms with van der Waals surface area (Å²) < 4.78 is 18.0. The van der Waals surface area contributed by atoms with Crippen LogP contribution < -0.4 is 19.8 Å². The number of esters is 1. The standard InChI is InChI=1S/C25H25NO6/c1-15-12-22-24(25(29)26(15)11-10-16-4-6-17(27)7-5-16)20(14-23(28)32-22)19-9-8-18(30-2)13-21(19)31-3/h4-9,12-13,20,27H,10-11,14H2,1-3H3/t20-/m1/s1. The molecule has 0 amide bonds. The van der Waals surface area contributed by atoms with Crippen LogP contribution in [0.15, 0.2) is 53.3 Å². The van der Waals surface area contributed by atoms with Gasteiger partial charge in [-0.2, -0.15) is 0 Å². The number of aromatic nitrogens is 1. The molecule has 0 aliphatic carbocycles. The second kappa shape index (κ2) is 8.78. The van der Waals surface area contributed by atoms with E-state index in [4.69, 9.17) is 14.2 Å². The molecule has 1 aromatic heterocycles. The van der Waals surface area contributed by atoms with Crippen LogP contribution in [0.2, 0.25) is 0 Å². The Balaban J connectivity index is 1.76. The van der Waals surface area contributed by atoms with Crippen molar-refractivity contribution in [1.82, 2.24) is 4.57 Å². The highest BCUT2D eigenvalue weighted by Gasteiger charge is 2.34. The van der Waals surface area contributed by atoms with E-state index >= 15 is 0 Å². The molecule has 0 saturated heterocycles. The number of rotatable bonds is 6. The van der Waals surface area contributed by atoms with Crippen LogP contribution in [0, 0.1) is 6.92 Å². The van der Waals surface area contributed by atoms with Gasteiger partial charge in [-0.25, -0.2) is 0 Å². The zero-order valence-corrected chi connectivity index (χ0v) is 18.3. The number of hydrogen-bond donors (Lipinski definition) is 1. The summed E-state index contributed by atoms with van der Waals surface area (Å²) in [7, 11) is 3.11. The van der Waals surface area contributed by atoms with Crippen LogP contribution in [-0.4, -0.2) is 29.9 Å². The molecule has 4 rings (SSSR count). The summed E-state index contributed by atoms with van der Waals surface area (Å²) in [6.07, 6.45) is 0.669. The summed E-state index contributed by atoms with van der Waals surface area (Å²) in [4.78, 5) is 26.0. The highest BCUT2D eigenvalue weighted by molar-refractivity contribution is 5.78. The molecule has 0 bridgehead atoms. The van der Waals surface area contributed by atoms with Gasteiger partial charge >= 0.3 is 5.97 Å². The number of aromatic hydroxyl groups is 1. The first-order valence-corrected chi connectivity index (χ1v) is 10.4. The number of hydrogen-bond acceptors (Lipinski definition) is 6. The van der Waals surface area contributed by atoms with Gasteiger partial charge < -0.3 is 23.9 Å². The lowest BCUT2D eigenvalue weighted by Gasteiger charge is -2.27. The maximum atomic E-state index is 13.6. The van der Waals surface area contributed by atoms with Crippen molar-refractivity contribution in [3.8, 4) is 23.0 Å². The quantitative estimate of drug-likeness (QED) is 0.596. The van der Waals surface area contributed by atoms with E-state index in [0.29, 0.717) is 41.5 Å². The molecule has 166 valence electrons. The fraction of sp³-hybridized carbons (Fsp3) is 0.280. The number of phenolic OH excluding ortho intramolecular Hbond substituents is 1. The van der Waals surface area contributed by atoms with Gasteiger partial charge in [0.15, 0.2) is 0 Å². The minimum absolute atomic E-state index is 0.0476. The van der Waals surface area contributed by atoms with E-state index in [1.807, 2.05) is 25.1 Å². The lowest BCUT2D eigenvalue weighted by molar-refractivity contribution is -0.135. The monoisotopic (exact) mass is 435 g/mol. The van der Waals surface area contributed by atoms with Crippen molar-refractivity contribution in [2.75, 3.05) is 14.2 Å². The van der Waals surface area contributed by atoms with Crippen LogP contribution in [0.25, 0.3) is 0 Å². The number of fused-ring (bicyclic) bond motifs is 1. The SMILES string of the molecule is COc1ccc([C@H]2CC(=O)Oc3cc(C)n(CCc4ccc(O)cc4)c(=O)c32)c(OC)c1. The first-order valence-electron chi connectivity index (χ1n) is 10.4. The average Bonchev–Trinajstić information content (AvgIpc) is 2.78. The van der Waals surface area contributed by atoms with Crippen LogP contribution in [0.4, 0.5) is 0 Å². The van der Waals surface area contributed by atoms with Gasteiger partial charge in [0.25, 0.3) is 5.56 Å². The number of phenols is 1. The zero-order chi connectivity index (χ0) is 22.8. The van der Waals surface area contributed by atoms with E-state index in [9.17, 15) is 14.7 Å². The highest BCUT2D eigenvalue weighted by Crippen LogP contribution is 2.41. The Morgan fingerprint density at radius 1 is 1.06 bits per heavy atom. The Hall–Kier alpha value is -3.74. The topological polar surface area (TPSA) is 87.0 Å². The minimum atomic E-state index is -0.486. The molecule has 0 fully saturated rings. The number of ether oxygens (including phenoxy) is 3.